The van der Waals surface area contributed by atoms with Gasteiger partial charge in [-0.2, -0.15) is 0 Å². The molecular weight excluding hydrogens is 421 g/mol. The summed E-state index contributed by atoms with van der Waals surface area (Å²) in [6.45, 7) is 5.19. The predicted molar refractivity (Wildman–Crippen MR) is 125 cm³/mol. The highest BCUT2D eigenvalue weighted by Crippen LogP contribution is 2.21. The largest absolute Gasteiger partial charge is 0.337 e. The molecule has 6 nitrogen and oxygen atoms in total. The molecule has 0 aliphatic heterocycles. The third kappa shape index (κ3) is 4.30. The van der Waals surface area contributed by atoms with Crippen LogP contribution in [0.5, 0.6) is 0 Å². The first kappa shape index (κ1) is 22.1. The van der Waals surface area contributed by atoms with E-state index in [9.17, 15) is 18.8 Å². The van der Waals surface area contributed by atoms with Crippen LogP contribution in [0.3, 0.4) is 0 Å². The van der Waals surface area contributed by atoms with Crippen molar-refractivity contribution in [3.63, 3.8) is 0 Å². The molecule has 2 heterocycles. The molecule has 0 unspecified atom stereocenters. The number of ketones is 1. The van der Waals surface area contributed by atoms with E-state index in [4.69, 9.17) is 0 Å². The van der Waals surface area contributed by atoms with E-state index >= 15 is 0 Å². The molecule has 2 aromatic heterocycles. The molecule has 0 radical (unpaired) electrons. The van der Waals surface area contributed by atoms with E-state index < -0.39 is 17.0 Å². The van der Waals surface area contributed by atoms with Gasteiger partial charge in [-0.3, -0.25) is 19.4 Å². The van der Waals surface area contributed by atoms with E-state index in [0.717, 1.165) is 11.1 Å². The maximum Gasteiger partial charge on any atom is 0.244 e. The third-order valence-corrected chi connectivity index (χ3v) is 5.74. The minimum atomic E-state index is -0.513. The number of benzene rings is 2. The lowest BCUT2D eigenvalue weighted by molar-refractivity contribution is -0.116. The molecule has 2 aromatic carbocycles. The summed E-state index contributed by atoms with van der Waals surface area (Å²) in [6.07, 6.45) is 4.25. The molecule has 0 bridgehead atoms. The Morgan fingerprint density at radius 1 is 1.03 bits per heavy atom. The average Bonchev–Trinajstić information content (AvgIpc) is 2.80. The Morgan fingerprint density at radius 3 is 2.48 bits per heavy atom. The summed E-state index contributed by atoms with van der Waals surface area (Å²) in [5, 5.41) is 3.03. The smallest absolute Gasteiger partial charge is 0.244 e. The van der Waals surface area contributed by atoms with Gasteiger partial charge in [0.1, 0.15) is 12.4 Å². The van der Waals surface area contributed by atoms with Gasteiger partial charge in [0.2, 0.25) is 11.3 Å². The van der Waals surface area contributed by atoms with Crippen LogP contribution in [0.25, 0.3) is 10.9 Å². The summed E-state index contributed by atoms with van der Waals surface area (Å²) >= 11 is 0. The highest BCUT2D eigenvalue weighted by atomic mass is 19.1. The molecule has 7 heteroatoms. The van der Waals surface area contributed by atoms with Gasteiger partial charge in [-0.25, -0.2) is 4.39 Å². The second kappa shape index (κ2) is 8.78. The van der Waals surface area contributed by atoms with Crippen molar-refractivity contribution in [1.29, 1.82) is 0 Å². The number of amides is 1. The van der Waals surface area contributed by atoms with E-state index in [1.54, 1.807) is 13.0 Å². The fourth-order valence-corrected chi connectivity index (χ4v) is 3.70. The van der Waals surface area contributed by atoms with Crippen molar-refractivity contribution in [2.45, 2.75) is 27.3 Å². The van der Waals surface area contributed by atoms with Crippen LogP contribution in [0, 0.1) is 26.6 Å². The predicted octanol–water partition coefficient (Wildman–Crippen LogP) is 4.33. The molecule has 1 amide bonds. The number of halogens is 1. The number of hydrogen-bond acceptors (Lipinski definition) is 4. The van der Waals surface area contributed by atoms with Crippen molar-refractivity contribution < 1.29 is 14.0 Å². The first-order chi connectivity index (χ1) is 15.8. The van der Waals surface area contributed by atoms with Crippen LogP contribution in [-0.2, 0) is 11.3 Å². The van der Waals surface area contributed by atoms with E-state index in [1.807, 2.05) is 26.0 Å². The number of rotatable bonds is 5. The monoisotopic (exact) mass is 443 g/mol. The first-order valence-corrected chi connectivity index (χ1v) is 10.4. The lowest BCUT2D eigenvalue weighted by Gasteiger charge is -2.15. The Hall–Kier alpha value is -4.13. The minimum Gasteiger partial charge on any atom is -0.337 e. The Balaban J connectivity index is 1.81. The number of aromatic nitrogens is 2. The van der Waals surface area contributed by atoms with Crippen LogP contribution >= 0.6 is 0 Å². The van der Waals surface area contributed by atoms with E-state index in [2.05, 4.69) is 10.3 Å². The van der Waals surface area contributed by atoms with Gasteiger partial charge in [-0.1, -0.05) is 12.1 Å². The summed E-state index contributed by atoms with van der Waals surface area (Å²) in [5.74, 6) is -1.36. The Morgan fingerprint density at radius 2 is 1.76 bits per heavy atom. The summed E-state index contributed by atoms with van der Waals surface area (Å²) in [6, 6.07) is 11.2. The molecule has 0 fully saturated rings. The van der Waals surface area contributed by atoms with Gasteiger partial charge in [0.05, 0.1) is 11.1 Å². The second-order valence-corrected chi connectivity index (χ2v) is 7.98. The molecule has 0 aliphatic carbocycles. The number of carbonyl (C=O) groups excluding carboxylic acids is 2. The summed E-state index contributed by atoms with van der Waals surface area (Å²) in [7, 11) is 0. The number of hydrogen-bond donors (Lipinski definition) is 1. The van der Waals surface area contributed by atoms with Gasteiger partial charge >= 0.3 is 0 Å². The number of anilines is 1. The van der Waals surface area contributed by atoms with Gasteiger partial charge in [0.15, 0.2) is 5.78 Å². The maximum atomic E-state index is 14.4. The average molecular weight is 443 g/mol. The quantitative estimate of drug-likeness (QED) is 0.466. The molecule has 1 N–H and O–H groups in total. The van der Waals surface area contributed by atoms with Gasteiger partial charge in [-0.15, -0.1) is 0 Å². The fraction of sp³-hybridized carbons (Fsp3) is 0.154. The zero-order valence-electron chi connectivity index (χ0n) is 18.5. The van der Waals surface area contributed by atoms with Crippen LogP contribution in [0.15, 0.2) is 65.8 Å². The Bertz CT molecular complexity index is 1460. The fourth-order valence-electron chi connectivity index (χ4n) is 3.70. The highest BCUT2D eigenvalue weighted by Gasteiger charge is 2.19. The molecule has 166 valence electrons. The number of nitrogens with one attached hydrogen (secondary N) is 1. The van der Waals surface area contributed by atoms with Gasteiger partial charge in [-0.05, 0) is 67.8 Å². The molecular formula is C26H22FN3O3. The molecule has 0 aliphatic rings. The minimum absolute atomic E-state index is 0.0979. The van der Waals surface area contributed by atoms with Crippen molar-refractivity contribution in [1.82, 2.24) is 9.55 Å². The lowest BCUT2D eigenvalue weighted by Crippen LogP contribution is -2.24. The lowest BCUT2D eigenvalue weighted by atomic mass is 10.0. The molecule has 4 rings (SSSR count). The van der Waals surface area contributed by atoms with Crippen molar-refractivity contribution >= 4 is 28.3 Å². The van der Waals surface area contributed by atoms with Crippen LogP contribution in [0.2, 0.25) is 0 Å². The van der Waals surface area contributed by atoms with Crippen LogP contribution in [-0.4, -0.2) is 21.2 Å². The zero-order chi connectivity index (χ0) is 23.7. The molecule has 0 spiro atoms. The van der Waals surface area contributed by atoms with Gasteiger partial charge in [0, 0.05) is 35.2 Å². The summed E-state index contributed by atoms with van der Waals surface area (Å²) in [4.78, 5) is 43.0. The number of pyridine rings is 2. The van der Waals surface area contributed by atoms with Crippen molar-refractivity contribution in [2.75, 3.05) is 5.32 Å². The first-order valence-electron chi connectivity index (χ1n) is 10.4. The Kier molecular flexibility index (Phi) is 5.87. The van der Waals surface area contributed by atoms with Crippen molar-refractivity contribution in [2.24, 2.45) is 0 Å². The summed E-state index contributed by atoms with van der Waals surface area (Å²) in [5.41, 5.74) is 2.84. The molecule has 33 heavy (non-hydrogen) atoms. The molecule has 0 atom stereocenters. The molecule has 0 saturated carbocycles. The topological polar surface area (TPSA) is 81.1 Å². The summed E-state index contributed by atoms with van der Waals surface area (Å²) < 4.78 is 15.8. The Labute approximate surface area is 189 Å². The number of aryl methyl sites for hydroxylation is 2. The number of carbonyl (C=O) groups is 2. The number of fused-ring (bicyclic) bond motifs is 1. The van der Waals surface area contributed by atoms with E-state index in [0.29, 0.717) is 11.3 Å². The SMILES string of the molecule is Cc1cc2c(=O)c(C(=O)c3ccncc3)cn(CC(=O)Nc3cccc(C)c3C)c2cc1F. The van der Waals surface area contributed by atoms with Gasteiger partial charge < -0.3 is 9.88 Å². The van der Waals surface area contributed by atoms with Crippen molar-refractivity contribution in [3.8, 4) is 0 Å². The van der Waals surface area contributed by atoms with E-state index in [-0.39, 0.29) is 34.5 Å². The van der Waals surface area contributed by atoms with Gasteiger partial charge in [0.25, 0.3) is 0 Å². The van der Waals surface area contributed by atoms with Crippen LogP contribution in [0.1, 0.15) is 32.6 Å². The second-order valence-electron chi connectivity index (χ2n) is 7.98. The maximum absolute atomic E-state index is 14.4. The van der Waals surface area contributed by atoms with Crippen LogP contribution < -0.4 is 10.7 Å². The normalized spacial score (nSPS) is 10.9. The molecule has 0 saturated heterocycles. The zero-order valence-corrected chi connectivity index (χ0v) is 18.5. The third-order valence-electron chi connectivity index (χ3n) is 5.74. The standard InChI is InChI=1S/C26H22FN3O3/c1-15-5-4-6-22(17(15)3)29-24(31)14-30-13-20(25(32)18-7-9-28-10-8-18)26(33)19-11-16(2)21(27)12-23(19)30/h4-13H,14H2,1-3H3,(H,29,31). The van der Waals surface area contributed by atoms with Crippen molar-refractivity contribution in [3.05, 3.63) is 105 Å². The number of nitrogens with zero attached hydrogens (tertiary/aromatic N) is 2. The highest BCUT2D eigenvalue weighted by molar-refractivity contribution is 6.10. The molecule has 4 aromatic rings. The van der Waals surface area contributed by atoms with E-state index in [1.165, 1.54) is 47.4 Å². The van der Waals surface area contributed by atoms with Crippen LogP contribution in [0.4, 0.5) is 10.1 Å².